The van der Waals surface area contributed by atoms with Crippen LogP contribution in [0.4, 0.5) is 5.69 Å². The molecule has 1 unspecified atom stereocenters. The molecule has 1 amide bonds. The second-order valence-corrected chi connectivity index (χ2v) is 12.2. The summed E-state index contributed by atoms with van der Waals surface area (Å²) in [6, 6.07) is 7.25. The number of aliphatic hydroxyl groups is 2. The molecule has 2 heterocycles. The van der Waals surface area contributed by atoms with Crippen molar-refractivity contribution < 1.29 is 34.8 Å². The molecule has 5 aliphatic carbocycles. The number of nitrogens with zero attached hydrogens (tertiary/aromatic N) is 1. The maximum Gasteiger partial charge on any atom is 0.337 e. The van der Waals surface area contributed by atoms with Crippen molar-refractivity contribution >= 4 is 29.2 Å². The zero-order chi connectivity index (χ0) is 26.4. The summed E-state index contributed by atoms with van der Waals surface area (Å²) >= 11 is 6.11. The van der Waals surface area contributed by atoms with E-state index >= 15 is 0 Å². The maximum atomic E-state index is 14.0. The number of carbonyl (C=O) groups excluding carboxylic acids is 1. The lowest BCUT2D eigenvalue weighted by Crippen LogP contribution is -2.83. The monoisotopic (exact) mass is 536 g/mol. The smallest absolute Gasteiger partial charge is 0.337 e. The second-order valence-electron chi connectivity index (χ2n) is 11.7. The summed E-state index contributed by atoms with van der Waals surface area (Å²) in [5.74, 6) is -1.49. The molecule has 2 spiro atoms. The number of aromatic carboxylic acids is 1. The van der Waals surface area contributed by atoms with Gasteiger partial charge in [0.15, 0.2) is 17.6 Å². The van der Waals surface area contributed by atoms with Gasteiger partial charge in [-0.1, -0.05) is 17.7 Å². The van der Waals surface area contributed by atoms with Crippen molar-refractivity contribution in [2.75, 3.05) is 18.4 Å². The highest BCUT2D eigenvalue weighted by atomic mass is 35.5. The van der Waals surface area contributed by atoms with Crippen molar-refractivity contribution in [2.45, 2.75) is 48.8 Å². The van der Waals surface area contributed by atoms with Crippen LogP contribution in [0.2, 0.25) is 5.02 Å². The van der Waals surface area contributed by atoms with Crippen molar-refractivity contribution in [3.05, 3.63) is 63.4 Å². The Morgan fingerprint density at radius 3 is 2.71 bits per heavy atom. The fourth-order valence-corrected chi connectivity index (χ4v) is 8.72. The second kappa shape index (κ2) is 6.83. The first kappa shape index (κ1) is 22.7. The molecule has 3 fully saturated rings. The number of aromatic hydroxyl groups is 1. The molecule has 38 heavy (non-hydrogen) atoms. The minimum atomic E-state index is -1.41. The molecule has 2 aromatic carbocycles. The molecule has 1 saturated heterocycles. The number of halogens is 1. The number of rotatable bonds is 5. The van der Waals surface area contributed by atoms with Crippen LogP contribution in [0.5, 0.6) is 11.5 Å². The molecule has 2 aliphatic heterocycles. The Bertz CT molecular complexity index is 1540. The predicted molar refractivity (Wildman–Crippen MR) is 135 cm³/mol. The summed E-state index contributed by atoms with van der Waals surface area (Å²) in [7, 11) is 0. The number of anilines is 1. The molecule has 9 nitrogen and oxygen atoms in total. The summed E-state index contributed by atoms with van der Waals surface area (Å²) in [5, 5.41) is 47.7. The van der Waals surface area contributed by atoms with E-state index in [1.54, 1.807) is 6.07 Å². The van der Waals surface area contributed by atoms with E-state index in [4.69, 9.17) is 16.3 Å². The molecule has 10 heteroatoms. The number of benzene rings is 2. The quantitative estimate of drug-likeness (QED) is 0.393. The van der Waals surface area contributed by atoms with Crippen LogP contribution in [0.1, 0.15) is 40.7 Å². The third kappa shape index (κ3) is 2.34. The van der Waals surface area contributed by atoms with Gasteiger partial charge in [0.25, 0.3) is 5.91 Å². The topological polar surface area (TPSA) is 140 Å². The van der Waals surface area contributed by atoms with Crippen molar-refractivity contribution in [3.8, 4) is 11.5 Å². The number of phenols is 1. The molecule has 2 saturated carbocycles. The fourth-order valence-electron chi connectivity index (χ4n) is 8.55. The van der Waals surface area contributed by atoms with Crippen LogP contribution in [0.25, 0.3) is 0 Å². The van der Waals surface area contributed by atoms with E-state index in [0.717, 1.165) is 30.5 Å². The van der Waals surface area contributed by atoms with Crippen molar-refractivity contribution in [2.24, 2.45) is 11.3 Å². The average molecular weight is 537 g/mol. The summed E-state index contributed by atoms with van der Waals surface area (Å²) in [6.45, 7) is 1.19. The minimum Gasteiger partial charge on any atom is -0.508 e. The van der Waals surface area contributed by atoms with Gasteiger partial charge in [0, 0.05) is 35.1 Å². The number of carbonyl (C=O) groups is 2. The number of carboxylic acids is 1. The van der Waals surface area contributed by atoms with Gasteiger partial charge in [-0.05, 0) is 61.4 Å². The molecule has 9 rings (SSSR count). The maximum absolute atomic E-state index is 14.0. The SMILES string of the molecule is O=C(Nc1cc(Cl)ccc1C(=O)O)C1=C(O)[C@@H]2Oc3c(O)ccc4c3[C@@]23CC12CN(CC1CC1)[C@H](C4)[C@]23O. The Kier molecular flexibility index (Phi) is 4.08. The van der Waals surface area contributed by atoms with Crippen molar-refractivity contribution in [3.63, 3.8) is 0 Å². The van der Waals surface area contributed by atoms with E-state index in [1.807, 2.05) is 6.07 Å². The highest BCUT2D eigenvalue weighted by molar-refractivity contribution is 6.31. The number of ether oxygens (including phenoxy) is 1. The molecular formula is C28H25ClN2O7. The Labute approximate surface area is 222 Å². The summed E-state index contributed by atoms with van der Waals surface area (Å²) < 4.78 is 6.18. The molecule has 5 atom stereocenters. The van der Waals surface area contributed by atoms with Gasteiger partial charge in [-0.3, -0.25) is 9.69 Å². The first-order valence-electron chi connectivity index (χ1n) is 12.9. The van der Waals surface area contributed by atoms with Crippen LogP contribution in [0, 0.1) is 11.3 Å². The lowest BCUT2D eigenvalue weighted by molar-refractivity contribution is -0.240. The van der Waals surface area contributed by atoms with Crippen LogP contribution in [0.3, 0.4) is 0 Å². The third-order valence-electron chi connectivity index (χ3n) is 10.0. The van der Waals surface area contributed by atoms with Gasteiger partial charge < -0.3 is 30.5 Å². The van der Waals surface area contributed by atoms with E-state index in [-0.39, 0.29) is 45.1 Å². The van der Waals surface area contributed by atoms with Crippen molar-refractivity contribution in [1.29, 1.82) is 0 Å². The summed E-state index contributed by atoms with van der Waals surface area (Å²) in [5.41, 5.74) is -1.87. The van der Waals surface area contributed by atoms with Gasteiger partial charge in [-0.25, -0.2) is 4.79 Å². The highest BCUT2D eigenvalue weighted by Crippen LogP contribution is 2.81. The third-order valence-corrected chi connectivity index (χ3v) is 10.2. The van der Waals surface area contributed by atoms with Crippen LogP contribution in [-0.2, 0) is 16.6 Å². The number of likely N-dealkylation sites (tertiary alicyclic amines) is 1. The molecule has 0 radical (unpaired) electrons. The van der Waals surface area contributed by atoms with E-state index < -0.39 is 34.4 Å². The number of carboxylic acid groups (broad SMARTS) is 1. The zero-order valence-corrected chi connectivity index (χ0v) is 21.0. The molecule has 196 valence electrons. The largest absolute Gasteiger partial charge is 0.508 e. The van der Waals surface area contributed by atoms with Gasteiger partial charge in [0.1, 0.15) is 11.4 Å². The molecular weight excluding hydrogens is 512 g/mol. The molecule has 7 aliphatic rings. The van der Waals surface area contributed by atoms with Gasteiger partial charge in [-0.2, -0.15) is 0 Å². The number of hydrogen-bond acceptors (Lipinski definition) is 7. The van der Waals surface area contributed by atoms with Crippen LogP contribution in [-0.4, -0.2) is 68.0 Å². The van der Waals surface area contributed by atoms with E-state index in [9.17, 15) is 30.0 Å². The van der Waals surface area contributed by atoms with E-state index in [1.165, 1.54) is 18.2 Å². The Morgan fingerprint density at radius 1 is 1.18 bits per heavy atom. The molecule has 0 aromatic heterocycles. The lowest BCUT2D eigenvalue weighted by Gasteiger charge is -2.71. The van der Waals surface area contributed by atoms with Crippen LogP contribution >= 0.6 is 11.6 Å². The molecule has 2 bridgehead atoms. The average Bonchev–Trinajstić information content (AvgIpc) is 3.54. The number of aliphatic hydroxyl groups excluding tert-OH is 1. The van der Waals surface area contributed by atoms with Crippen molar-refractivity contribution in [1.82, 2.24) is 4.90 Å². The first-order chi connectivity index (χ1) is 18.1. The number of amides is 1. The molecule has 5 N–H and O–H groups in total. The fraction of sp³-hybridized carbons (Fsp3) is 0.429. The minimum absolute atomic E-state index is 0.00145. The standard InChI is InChI=1S/C28H25ClN2O7/c29-14-4-5-15(25(35)36)16(8-14)30-24(34)20-21(33)23-27-10-26(20)11-31(9-12-1-2-12)18(28(26,27)37)7-13-3-6-17(32)22(38-23)19(13)27/h3-6,8,12,18,23,32-33,37H,1-2,7,9-11H2,(H,30,34)(H,35,36)/t18-,23+,26?,27+,28+/m1/s1. The van der Waals surface area contributed by atoms with Gasteiger partial charge in [-0.15, -0.1) is 0 Å². The summed E-state index contributed by atoms with van der Waals surface area (Å²) in [6.07, 6.45) is 2.12. The highest BCUT2D eigenvalue weighted by Gasteiger charge is 2.90. The Morgan fingerprint density at radius 2 is 1.97 bits per heavy atom. The number of nitrogens with one attached hydrogen (secondary N) is 1. The summed E-state index contributed by atoms with van der Waals surface area (Å²) in [4.78, 5) is 28.1. The normalized spacial score (nSPS) is 35.4. The van der Waals surface area contributed by atoms with E-state index in [0.29, 0.717) is 25.3 Å². The van der Waals surface area contributed by atoms with Gasteiger partial charge in [0.2, 0.25) is 0 Å². The van der Waals surface area contributed by atoms with E-state index in [2.05, 4.69) is 10.2 Å². The van der Waals surface area contributed by atoms with Gasteiger partial charge in [0.05, 0.1) is 22.2 Å². The Hall–Kier alpha value is -3.27. The Balaban J connectivity index is 1.31. The van der Waals surface area contributed by atoms with Crippen LogP contribution < -0.4 is 10.1 Å². The predicted octanol–water partition coefficient (Wildman–Crippen LogP) is 2.98. The molecule has 2 aromatic rings. The number of phenolic OH excluding ortho intramolecular Hbond substituents is 1. The lowest BCUT2D eigenvalue weighted by atomic mass is 9.32. The van der Waals surface area contributed by atoms with Crippen LogP contribution in [0.15, 0.2) is 41.7 Å². The number of hydrogen-bond donors (Lipinski definition) is 5. The van der Waals surface area contributed by atoms with Gasteiger partial charge >= 0.3 is 5.97 Å². The first-order valence-corrected chi connectivity index (χ1v) is 13.3. The zero-order valence-electron chi connectivity index (χ0n) is 20.2.